The van der Waals surface area contributed by atoms with Crippen molar-refractivity contribution in [1.29, 1.82) is 0 Å². The molecule has 0 spiro atoms. The Morgan fingerprint density at radius 1 is 1.33 bits per heavy atom. The van der Waals surface area contributed by atoms with Gasteiger partial charge in [-0.25, -0.2) is 0 Å². The topological polar surface area (TPSA) is 41.9 Å². The van der Waals surface area contributed by atoms with Crippen LogP contribution in [0, 0.1) is 5.92 Å². The zero-order valence-electron chi connectivity index (χ0n) is 12.5. The van der Waals surface area contributed by atoms with E-state index in [1.807, 2.05) is 7.05 Å². The summed E-state index contributed by atoms with van der Waals surface area (Å²) in [6.45, 7) is 3.63. The average molecular weight is 314 g/mol. The van der Waals surface area contributed by atoms with Crippen molar-refractivity contribution in [3.05, 3.63) is 29.3 Å². The van der Waals surface area contributed by atoms with E-state index < -0.39 is 6.10 Å². The van der Waals surface area contributed by atoms with Crippen LogP contribution in [-0.4, -0.2) is 56.1 Å². The number of aliphatic hydroxyl groups is 1. The maximum Gasteiger partial charge on any atom is 0.119 e. The minimum absolute atomic E-state index is 0.291. The lowest BCUT2D eigenvalue weighted by molar-refractivity contribution is 0.0399. The molecule has 1 aliphatic rings. The van der Waals surface area contributed by atoms with Crippen LogP contribution in [0.1, 0.15) is 12.8 Å². The second-order valence-electron chi connectivity index (χ2n) is 5.70. The lowest BCUT2D eigenvalue weighted by Gasteiger charge is -2.28. The van der Waals surface area contributed by atoms with E-state index in [0.717, 1.165) is 38.3 Å². The summed E-state index contributed by atoms with van der Waals surface area (Å²) >= 11 is 5.82. The maximum atomic E-state index is 10.0. The Bertz CT molecular complexity index is 406. The van der Waals surface area contributed by atoms with Gasteiger partial charge < -0.3 is 19.5 Å². The van der Waals surface area contributed by atoms with Gasteiger partial charge in [0.15, 0.2) is 0 Å². The van der Waals surface area contributed by atoms with Gasteiger partial charge in [0.25, 0.3) is 0 Å². The minimum Gasteiger partial charge on any atom is -0.491 e. The third-order valence-corrected chi connectivity index (χ3v) is 3.94. The molecule has 0 radical (unpaired) electrons. The number of aliphatic hydroxyl groups excluding tert-OH is 1. The Morgan fingerprint density at radius 2 is 2.00 bits per heavy atom. The number of ether oxygens (including phenoxy) is 2. The molecule has 1 aromatic rings. The van der Waals surface area contributed by atoms with E-state index in [1.54, 1.807) is 24.3 Å². The molecular formula is C16H24ClNO3. The van der Waals surface area contributed by atoms with E-state index in [9.17, 15) is 5.11 Å². The molecule has 1 unspecified atom stereocenters. The van der Waals surface area contributed by atoms with Crippen molar-refractivity contribution in [2.45, 2.75) is 18.9 Å². The minimum atomic E-state index is -0.495. The van der Waals surface area contributed by atoms with Crippen LogP contribution in [0.4, 0.5) is 0 Å². The first-order valence-electron chi connectivity index (χ1n) is 7.46. The highest BCUT2D eigenvalue weighted by Crippen LogP contribution is 2.17. The summed E-state index contributed by atoms with van der Waals surface area (Å²) in [5.41, 5.74) is 0. The quantitative estimate of drug-likeness (QED) is 0.839. The summed E-state index contributed by atoms with van der Waals surface area (Å²) in [7, 11) is 2.04. The van der Waals surface area contributed by atoms with E-state index in [-0.39, 0.29) is 0 Å². The number of nitrogens with zero attached hydrogens (tertiary/aromatic N) is 1. The van der Waals surface area contributed by atoms with E-state index in [2.05, 4.69) is 4.90 Å². The van der Waals surface area contributed by atoms with Crippen LogP contribution < -0.4 is 4.74 Å². The molecule has 0 bridgehead atoms. The molecule has 21 heavy (non-hydrogen) atoms. The van der Waals surface area contributed by atoms with Crippen molar-refractivity contribution < 1.29 is 14.6 Å². The predicted octanol–water partition coefficient (Wildman–Crippen LogP) is 2.44. The van der Waals surface area contributed by atoms with Crippen LogP contribution in [-0.2, 0) is 4.74 Å². The van der Waals surface area contributed by atoms with Gasteiger partial charge in [-0.05, 0) is 50.1 Å². The van der Waals surface area contributed by atoms with E-state index in [0.29, 0.717) is 24.1 Å². The van der Waals surface area contributed by atoms with Gasteiger partial charge in [0, 0.05) is 31.3 Å². The van der Waals surface area contributed by atoms with Gasteiger partial charge in [0.2, 0.25) is 0 Å². The molecule has 1 atom stereocenters. The van der Waals surface area contributed by atoms with Crippen molar-refractivity contribution in [3.8, 4) is 5.75 Å². The highest BCUT2D eigenvalue weighted by atomic mass is 35.5. The van der Waals surface area contributed by atoms with Crippen LogP contribution in [0.2, 0.25) is 5.02 Å². The molecule has 5 heteroatoms. The fourth-order valence-corrected chi connectivity index (χ4v) is 2.71. The second-order valence-corrected chi connectivity index (χ2v) is 6.13. The molecule has 0 aliphatic carbocycles. The number of hydrogen-bond acceptors (Lipinski definition) is 4. The SMILES string of the molecule is CN(CC(O)COc1ccc(Cl)cc1)CC1CCOCC1. The first-order chi connectivity index (χ1) is 10.1. The molecule has 1 fully saturated rings. The van der Waals surface area contributed by atoms with Crippen LogP contribution >= 0.6 is 11.6 Å². The van der Waals surface area contributed by atoms with Crippen molar-refractivity contribution in [2.75, 3.05) is 40.0 Å². The fraction of sp³-hybridized carbons (Fsp3) is 0.625. The molecule has 1 aromatic carbocycles. The van der Waals surface area contributed by atoms with Gasteiger partial charge in [-0.3, -0.25) is 0 Å². The molecule has 0 saturated carbocycles. The van der Waals surface area contributed by atoms with Crippen LogP contribution in [0.3, 0.4) is 0 Å². The zero-order chi connectivity index (χ0) is 15.1. The normalized spacial score (nSPS) is 17.9. The Morgan fingerprint density at radius 3 is 2.67 bits per heavy atom. The van der Waals surface area contributed by atoms with Crippen LogP contribution in [0.25, 0.3) is 0 Å². The average Bonchev–Trinajstić information content (AvgIpc) is 2.47. The number of hydrogen-bond donors (Lipinski definition) is 1. The molecular weight excluding hydrogens is 290 g/mol. The first-order valence-corrected chi connectivity index (χ1v) is 7.84. The van der Waals surface area contributed by atoms with Gasteiger partial charge in [-0.2, -0.15) is 0 Å². The maximum absolute atomic E-state index is 10.0. The lowest BCUT2D eigenvalue weighted by Crippen LogP contribution is -2.37. The highest BCUT2D eigenvalue weighted by Gasteiger charge is 2.17. The largest absolute Gasteiger partial charge is 0.491 e. The zero-order valence-corrected chi connectivity index (χ0v) is 13.3. The van der Waals surface area contributed by atoms with Crippen molar-refractivity contribution >= 4 is 11.6 Å². The molecule has 0 aromatic heterocycles. The molecule has 0 amide bonds. The highest BCUT2D eigenvalue weighted by molar-refractivity contribution is 6.30. The van der Waals surface area contributed by atoms with Crippen molar-refractivity contribution in [2.24, 2.45) is 5.92 Å². The molecule has 1 heterocycles. The summed E-state index contributed by atoms with van der Waals surface area (Å²) in [5.74, 6) is 1.40. The lowest BCUT2D eigenvalue weighted by atomic mass is 10.00. The Kier molecular flexibility index (Phi) is 6.77. The molecule has 118 valence electrons. The van der Waals surface area contributed by atoms with E-state index in [1.165, 1.54) is 0 Å². The molecule has 4 nitrogen and oxygen atoms in total. The fourth-order valence-electron chi connectivity index (χ4n) is 2.58. The van der Waals surface area contributed by atoms with E-state index >= 15 is 0 Å². The van der Waals surface area contributed by atoms with Gasteiger partial charge in [0.05, 0.1) is 0 Å². The van der Waals surface area contributed by atoms with Crippen molar-refractivity contribution in [3.63, 3.8) is 0 Å². The summed E-state index contributed by atoms with van der Waals surface area (Å²) in [6, 6.07) is 7.17. The van der Waals surface area contributed by atoms with Gasteiger partial charge in [-0.1, -0.05) is 11.6 Å². The number of benzene rings is 1. The monoisotopic (exact) mass is 313 g/mol. The summed E-state index contributed by atoms with van der Waals surface area (Å²) in [4.78, 5) is 2.17. The first kappa shape index (κ1) is 16.6. The third-order valence-electron chi connectivity index (χ3n) is 3.69. The van der Waals surface area contributed by atoms with Gasteiger partial charge >= 0.3 is 0 Å². The molecule has 1 aliphatic heterocycles. The standard InChI is InChI=1S/C16H24ClNO3/c1-18(10-13-6-8-20-9-7-13)11-15(19)12-21-16-4-2-14(17)3-5-16/h2-5,13,15,19H,6-12H2,1H3. The summed E-state index contributed by atoms with van der Waals surface area (Å²) in [6.07, 6.45) is 1.73. The number of likely N-dealkylation sites (N-methyl/N-ethyl adjacent to an activating group) is 1. The van der Waals surface area contributed by atoms with Gasteiger partial charge in [0.1, 0.15) is 18.5 Å². The van der Waals surface area contributed by atoms with E-state index in [4.69, 9.17) is 21.1 Å². The van der Waals surface area contributed by atoms with Crippen LogP contribution in [0.15, 0.2) is 24.3 Å². The molecule has 1 saturated heterocycles. The number of halogens is 1. The summed E-state index contributed by atoms with van der Waals surface area (Å²) in [5, 5.41) is 10.7. The Labute approximate surface area is 131 Å². The number of rotatable bonds is 7. The Hall–Kier alpha value is -0.810. The van der Waals surface area contributed by atoms with Crippen molar-refractivity contribution in [1.82, 2.24) is 4.90 Å². The second kappa shape index (κ2) is 8.59. The molecule has 1 N–H and O–H groups in total. The third kappa shape index (κ3) is 6.22. The summed E-state index contributed by atoms with van der Waals surface area (Å²) < 4.78 is 10.9. The van der Waals surface area contributed by atoms with Gasteiger partial charge in [-0.15, -0.1) is 0 Å². The van der Waals surface area contributed by atoms with Crippen LogP contribution in [0.5, 0.6) is 5.75 Å². The molecule has 2 rings (SSSR count). The smallest absolute Gasteiger partial charge is 0.119 e. The Balaban J connectivity index is 1.65. The predicted molar refractivity (Wildman–Crippen MR) is 84.0 cm³/mol.